The van der Waals surface area contributed by atoms with E-state index in [1.54, 1.807) is 6.07 Å². The van der Waals surface area contributed by atoms with Crippen molar-refractivity contribution < 1.29 is 9.53 Å². The van der Waals surface area contributed by atoms with Gasteiger partial charge in [0.25, 0.3) is 0 Å². The standard InChI is InChI=1S/C15H20Cl2N2O2/c16-12-3-1-2-10(13(12)17)4-7-19-15(20)14(18)11-5-8-21-9-6-11/h1-3,11,14H,4-9,18H2,(H,19,20). The fraction of sp³-hybridized carbons (Fsp3) is 0.533. The molecule has 1 fully saturated rings. The van der Waals surface area contributed by atoms with E-state index in [0.29, 0.717) is 36.2 Å². The van der Waals surface area contributed by atoms with Gasteiger partial charge in [0.2, 0.25) is 5.91 Å². The maximum atomic E-state index is 12.0. The minimum absolute atomic E-state index is 0.111. The van der Waals surface area contributed by atoms with Crippen molar-refractivity contribution in [2.45, 2.75) is 25.3 Å². The number of carbonyl (C=O) groups is 1. The molecule has 0 aromatic heterocycles. The first-order chi connectivity index (χ1) is 10.1. The summed E-state index contributed by atoms with van der Waals surface area (Å²) in [4.78, 5) is 12.0. The predicted octanol–water partition coefficient (Wildman–Crippen LogP) is 2.41. The van der Waals surface area contributed by atoms with E-state index in [4.69, 9.17) is 33.7 Å². The van der Waals surface area contributed by atoms with Crippen LogP contribution in [-0.2, 0) is 16.0 Å². The zero-order valence-electron chi connectivity index (χ0n) is 11.8. The second-order valence-corrected chi connectivity index (χ2v) is 6.01. The Labute approximate surface area is 134 Å². The zero-order chi connectivity index (χ0) is 15.2. The number of benzene rings is 1. The van der Waals surface area contributed by atoms with Crippen LogP contribution in [-0.4, -0.2) is 31.7 Å². The van der Waals surface area contributed by atoms with Gasteiger partial charge in [-0.1, -0.05) is 35.3 Å². The van der Waals surface area contributed by atoms with E-state index in [1.807, 2.05) is 12.1 Å². The van der Waals surface area contributed by atoms with Crippen LogP contribution in [0.3, 0.4) is 0 Å². The van der Waals surface area contributed by atoms with Gasteiger partial charge < -0.3 is 15.8 Å². The van der Waals surface area contributed by atoms with Crippen LogP contribution in [0.15, 0.2) is 18.2 Å². The number of carbonyl (C=O) groups excluding carboxylic acids is 1. The van der Waals surface area contributed by atoms with Gasteiger partial charge in [-0.05, 0) is 36.8 Å². The molecule has 21 heavy (non-hydrogen) atoms. The smallest absolute Gasteiger partial charge is 0.237 e. The van der Waals surface area contributed by atoms with Crippen molar-refractivity contribution in [3.05, 3.63) is 33.8 Å². The van der Waals surface area contributed by atoms with Crippen molar-refractivity contribution in [2.75, 3.05) is 19.8 Å². The second-order valence-electron chi connectivity index (χ2n) is 5.23. The van der Waals surface area contributed by atoms with E-state index >= 15 is 0 Å². The molecule has 3 N–H and O–H groups in total. The van der Waals surface area contributed by atoms with Gasteiger partial charge >= 0.3 is 0 Å². The molecule has 0 aliphatic carbocycles. The highest BCUT2D eigenvalue weighted by Crippen LogP contribution is 2.25. The normalized spacial score (nSPS) is 17.5. The van der Waals surface area contributed by atoms with Crippen LogP contribution < -0.4 is 11.1 Å². The first-order valence-corrected chi connectivity index (χ1v) is 7.89. The molecule has 0 radical (unpaired) electrons. The maximum absolute atomic E-state index is 12.0. The topological polar surface area (TPSA) is 64.4 Å². The van der Waals surface area contributed by atoms with Crippen LogP contribution in [0.2, 0.25) is 10.0 Å². The summed E-state index contributed by atoms with van der Waals surface area (Å²) in [5.41, 5.74) is 6.93. The number of hydrogen-bond donors (Lipinski definition) is 2. The lowest BCUT2D eigenvalue weighted by atomic mass is 9.92. The first-order valence-electron chi connectivity index (χ1n) is 7.13. The molecule has 6 heteroatoms. The van der Waals surface area contributed by atoms with Crippen molar-refractivity contribution in [1.29, 1.82) is 0 Å². The number of halogens is 2. The summed E-state index contributed by atoms with van der Waals surface area (Å²) in [6, 6.07) is 5.02. The molecular formula is C15H20Cl2N2O2. The van der Waals surface area contributed by atoms with Crippen molar-refractivity contribution in [3.8, 4) is 0 Å². The van der Waals surface area contributed by atoms with Crippen molar-refractivity contribution >= 4 is 29.1 Å². The number of nitrogens with two attached hydrogens (primary N) is 1. The Morgan fingerprint density at radius 3 is 2.81 bits per heavy atom. The number of rotatable bonds is 5. The highest BCUT2D eigenvalue weighted by Gasteiger charge is 2.26. The molecule has 1 atom stereocenters. The zero-order valence-corrected chi connectivity index (χ0v) is 13.3. The van der Waals surface area contributed by atoms with E-state index in [0.717, 1.165) is 18.4 Å². The molecule has 1 amide bonds. The quantitative estimate of drug-likeness (QED) is 0.871. The van der Waals surface area contributed by atoms with E-state index < -0.39 is 6.04 Å². The summed E-state index contributed by atoms with van der Waals surface area (Å²) >= 11 is 12.1. The van der Waals surface area contributed by atoms with E-state index in [9.17, 15) is 4.79 Å². The molecule has 116 valence electrons. The minimum Gasteiger partial charge on any atom is -0.381 e. The molecular weight excluding hydrogens is 311 g/mol. The summed E-state index contributed by atoms with van der Waals surface area (Å²) < 4.78 is 5.28. The number of amides is 1. The Morgan fingerprint density at radius 2 is 2.10 bits per heavy atom. The summed E-state index contributed by atoms with van der Waals surface area (Å²) in [6.45, 7) is 1.86. The lowest BCUT2D eigenvalue weighted by Crippen LogP contribution is -2.47. The van der Waals surface area contributed by atoms with Gasteiger partial charge in [-0.15, -0.1) is 0 Å². The largest absolute Gasteiger partial charge is 0.381 e. The van der Waals surface area contributed by atoms with Gasteiger partial charge in [-0.3, -0.25) is 4.79 Å². The number of hydrogen-bond acceptors (Lipinski definition) is 3. The fourth-order valence-electron chi connectivity index (χ4n) is 2.47. The molecule has 1 saturated heterocycles. The Bertz CT molecular complexity index is 491. The monoisotopic (exact) mass is 330 g/mol. The molecule has 2 rings (SSSR count). The van der Waals surface area contributed by atoms with Gasteiger partial charge in [0.1, 0.15) is 0 Å². The van der Waals surface area contributed by atoms with Crippen LogP contribution in [0.4, 0.5) is 0 Å². The fourth-order valence-corrected chi connectivity index (χ4v) is 2.88. The molecule has 1 aliphatic rings. The van der Waals surface area contributed by atoms with Gasteiger partial charge in [-0.25, -0.2) is 0 Å². The maximum Gasteiger partial charge on any atom is 0.237 e. The van der Waals surface area contributed by atoms with Crippen LogP contribution in [0.25, 0.3) is 0 Å². The van der Waals surface area contributed by atoms with Gasteiger partial charge in [0.05, 0.1) is 16.1 Å². The van der Waals surface area contributed by atoms with E-state index in [2.05, 4.69) is 5.32 Å². The van der Waals surface area contributed by atoms with Gasteiger partial charge in [0.15, 0.2) is 0 Å². The van der Waals surface area contributed by atoms with Crippen LogP contribution in [0.1, 0.15) is 18.4 Å². The minimum atomic E-state index is -0.469. The third-order valence-electron chi connectivity index (χ3n) is 3.80. The molecule has 1 aromatic carbocycles. The molecule has 0 spiro atoms. The Kier molecular flexibility index (Phi) is 6.30. The van der Waals surface area contributed by atoms with Gasteiger partial charge in [-0.2, -0.15) is 0 Å². The lowest BCUT2D eigenvalue weighted by Gasteiger charge is -2.26. The summed E-state index contributed by atoms with van der Waals surface area (Å²) in [5.74, 6) is 0.0913. The SMILES string of the molecule is NC(C(=O)NCCc1cccc(Cl)c1Cl)C1CCOCC1. The molecule has 0 bridgehead atoms. The van der Waals surface area contributed by atoms with E-state index in [-0.39, 0.29) is 11.8 Å². The van der Waals surface area contributed by atoms with Crippen molar-refractivity contribution in [2.24, 2.45) is 11.7 Å². The third-order valence-corrected chi connectivity index (χ3v) is 4.66. The van der Waals surface area contributed by atoms with Crippen LogP contribution in [0.5, 0.6) is 0 Å². The molecule has 1 aromatic rings. The van der Waals surface area contributed by atoms with Crippen LogP contribution in [0, 0.1) is 5.92 Å². The van der Waals surface area contributed by atoms with E-state index in [1.165, 1.54) is 0 Å². The number of ether oxygens (including phenoxy) is 1. The van der Waals surface area contributed by atoms with Crippen molar-refractivity contribution in [3.63, 3.8) is 0 Å². The highest BCUT2D eigenvalue weighted by molar-refractivity contribution is 6.42. The first kappa shape index (κ1) is 16.6. The highest BCUT2D eigenvalue weighted by atomic mass is 35.5. The molecule has 1 aliphatic heterocycles. The Hall–Kier alpha value is -0.810. The average molecular weight is 331 g/mol. The van der Waals surface area contributed by atoms with Crippen molar-refractivity contribution in [1.82, 2.24) is 5.32 Å². The second kappa shape index (κ2) is 7.99. The number of nitrogens with one attached hydrogen (secondary N) is 1. The summed E-state index contributed by atoms with van der Waals surface area (Å²) in [6.07, 6.45) is 2.31. The third kappa shape index (κ3) is 4.58. The summed E-state index contributed by atoms with van der Waals surface area (Å²) in [5, 5.41) is 3.94. The molecule has 1 heterocycles. The average Bonchev–Trinajstić information content (AvgIpc) is 2.51. The van der Waals surface area contributed by atoms with Gasteiger partial charge in [0, 0.05) is 19.8 Å². The summed E-state index contributed by atoms with van der Waals surface area (Å²) in [7, 11) is 0. The molecule has 4 nitrogen and oxygen atoms in total. The lowest BCUT2D eigenvalue weighted by molar-refractivity contribution is -0.124. The van der Waals surface area contributed by atoms with Crippen LogP contribution >= 0.6 is 23.2 Å². The molecule has 1 unspecified atom stereocenters. The Morgan fingerprint density at radius 1 is 1.38 bits per heavy atom. The Balaban J connectivity index is 1.79. The molecule has 0 saturated carbocycles. The predicted molar refractivity (Wildman–Crippen MR) is 84.7 cm³/mol.